The van der Waals surface area contributed by atoms with Gasteiger partial charge < -0.3 is 10.6 Å². The number of nitrogens with one attached hydrogen (secondary N) is 2. The fraction of sp³-hybridized carbons (Fsp3) is 0.500. The van der Waals surface area contributed by atoms with Gasteiger partial charge in [0, 0.05) is 12.6 Å². The normalized spacial score (nSPS) is 25.6. The number of rotatable bonds is 0. The Bertz CT molecular complexity index is 333. The Balaban J connectivity index is 2.37. The van der Waals surface area contributed by atoms with Gasteiger partial charge in [0.05, 0.1) is 11.4 Å². The molecule has 2 unspecified atom stereocenters. The maximum atomic E-state index is 3.55. The van der Waals surface area contributed by atoms with Crippen molar-refractivity contribution in [3.05, 3.63) is 23.8 Å². The molecule has 0 amide bonds. The quantitative estimate of drug-likeness (QED) is 0.657. The van der Waals surface area contributed by atoms with Gasteiger partial charge in [0.2, 0.25) is 0 Å². The van der Waals surface area contributed by atoms with Crippen LogP contribution in [0.2, 0.25) is 0 Å². The minimum absolute atomic E-state index is 0.533. The smallest absolute Gasteiger partial charge is 0.0605 e. The minimum atomic E-state index is 0.533. The molecule has 0 aromatic heterocycles. The zero-order valence-electron chi connectivity index (χ0n) is 9.09. The van der Waals surface area contributed by atoms with Gasteiger partial charge in [-0.3, -0.25) is 0 Å². The molecule has 14 heavy (non-hydrogen) atoms. The number of hydrogen-bond acceptors (Lipinski definition) is 2. The first-order valence-electron chi connectivity index (χ1n) is 5.28. The number of benzene rings is 1. The zero-order valence-corrected chi connectivity index (χ0v) is 9.09. The second-order valence-corrected chi connectivity index (χ2v) is 4.29. The summed E-state index contributed by atoms with van der Waals surface area (Å²) in [5.74, 6) is 0.654. The summed E-state index contributed by atoms with van der Waals surface area (Å²) in [6.45, 7) is 7.70. The molecule has 0 spiro atoms. The summed E-state index contributed by atoms with van der Waals surface area (Å²) in [4.78, 5) is 0. The average Bonchev–Trinajstić information content (AvgIpc) is 2.29. The molecule has 1 aliphatic rings. The lowest BCUT2D eigenvalue weighted by molar-refractivity contribution is 0.542. The van der Waals surface area contributed by atoms with Crippen LogP contribution in [0.3, 0.4) is 0 Å². The summed E-state index contributed by atoms with van der Waals surface area (Å²) in [7, 11) is 0. The van der Waals surface area contributed by atoms with Crippen LogP contribution in [-0.2, 0) is 0 Å². The summed E-state index contributed by atoms with van der Waals surface area (Å²) in [6, 6.07) is 6.93. The van der Waals surface area contributed by atoms with E-state index in [-0.39, 0.29) is 0 Å². The van der Waals surface area contributed by atoms with E-state index in [1.54, 1.807) is 0 Å². The maximum Gasteiger partial charge on any atom is 0.0605 e. The highest BCUT2D eigenvalue weighted by Crippen LogP contribution is 2.29. The van der Waals surface area contributed by atoms with Crippen molar-refractivity contribution in [1.82, 2.24) is 0 Å². The molecule has 2 heteroatoms. The number of para-hydroxylation sites is 1. The molecular formula is C12H18N2. The Morgan fingerprint density at radius 1 is 1.29 bits per heavy atom. The van der Waals surface area contributed by atoms with E-state index in [0.717, 1.165) is 6.54 Å². The maximum absolute atomic E-state index is 3.55. The van der Waals surface area contributed by atoms with Gasteiger partial charge in [-0.15, -0.1) is 0 Å². The number of aryl methyl sites for hydroxylation is 1. The van der Waals surface area contributed by atoms with Crippen molar-refractivity contribution in [3.63, 3.8) is 0 Å². The van der Waals surface area contributed by atoms with E-state index in [1.165, 1.54) is 16.9 Å². The van der Waals surface area contributed by atoms with E-state index in [9.17, 15) is 0 Å². The Labute approximate surface area is 85.7 Å². The van der Waals surface area contributed by atoms with Gasteiger partial charge in [-0.2, -0.15) is 0 Å². The summed E-state index contributed by atoms with van der Waals surface area (Å²) in [5, 5.41) is 7.06. The Morgan fingerprint density at radius 3 is 2.86 bits per heavy atom. The molecule has 1 heterocycles. The molecule has 0 radical (unpaired) electrons. The van der Waals surface area contributed by atoms with Crippen molar-refractivity contribution < 1.29 is 0 Å². The first-order chi connectivity index (χ1) is 6.68. The van der Waals surface area contributed by atoms with Crippen molar-refractivity contribution in [3.8, 4) is 0 Å². The highest BCUT2D eigenvalue weighted by molar-refractivity contribution is 5.73. The lowest BCUT2D eigenvalue weighted by atomic mass is 10.0. The van der Waals surface area contributed by atoms with E-state index in [0.29, 0.717) is 12.0 Å². The molecule has 76 valence electrons. The molecule has 0 aliphatic carbocycles. The lowest BCUT2D eigenvalue weighted by Crippen LogP contribution is -2.25. The monoisotopic (exact) mass is 190 g/mol. The molecule has 0 fully saturated rings. The molecule has 2 N–H and O–H groups in total. The Hall–Kier alpha value is -1.18. The van der Waals surface area contributed by atoms with Crippen molar-refractivity contribution in [2.45, 2.75) is 26.8 Å². The first-order valence-corrected chi connectivity index (χ1v) is 5.28. The van der Waals surface area contributed by atoms with Gasteiger partial charge in [0.15, 0.2) is 0 Å². The van der Waals surface area contributed by atoms with Crippen LogP contribution in [0, 0.1) is 12.8 Å². The van der Waals surface area contributed by atoms with Gasteiger partial charge in [0.1, 0.15) is 0 Å². The van der Waals surface area contributed by atoms with Crippen LogP contribution < -0.4 is 10.6 Å². The molecule has 1 aliphatic heterocycles. The van der Waals surface area contributed by atoms with Crippen molar-refractivity contribution in [2.75, 3.05) is 17.2 Å². The largest absolute Gasteiger partial charge is 0.383 e. The molecule has 0 saturated heterocycles. The number of fused-ring (bicyclic) bond motifs is 1. The second-order valence-electron chi connectivity index (χ2n) is 4.29. The number of hydrogen-bond donors (Lipinski definition) is 2. The third kappa shape index (κ3) is 1.57. The van der Waals surface area contributed by atoms with E-state index in [4.69, 9.17) is 0 Å². The van der Waals surface area contributed by atoms with E-state index in [2.05, 4.69) is 49.6 Å². The highest BCUT2D eigenvalue weighted by Gasteiger charge is 2.18. The number of anilines is 2. The van der Waals surface area contributed by atoms with Crippen molar-refractivity contribution >= 4 is 11.4 Å². The van der Waals surface area contributed by atoms with Crippen LogP contribution in [0.1, 0.15) is 19.4 Å². The minimum Gasteiger partial charge on any atom is -0.383 e. The summed E-state index contributed by atoms with van der Waals surface area (Å²) >= 11 is 0. The Morgan fingerprint density at radius 2 is 2.07 bits per heavy atom. The van der Waals surface area contributed by atoms with Gasteiger partial charge >= 0.3 is 0 Å². The average molecular weight is 190 g/mol. The first kappa shape index (κ1) is 9.38. The molecular weight excluding hydrogens is 172 g/mol. The molecule has 1 aromatic carbocycles. The third-order valence-corrected chi connectivity index (χ3v) is 3.11. The van der Waals surface area contributed by atoms with Crippen LogP contribution in [0.25, 0.3) is 0 Å². The molecule has 2 nitrogen and oxygen atoms in total. The molecule has 2 rings (SSSR count). The summed E-state index contributed by atoms with van der Waals surface area (Å²) in [5.41, 5.74) is 3.82. The zero-order chi connectivity index (χ0) is 10.1. The van der Waals surface area contributed by atoms with Crippen molar-refractivity contribution in [2.24, 2.45) is 5.92 Å². The lowest BCUT2D eigenvalue weighted by Gasteiger charge is -2.17. The third-order valence-electron chi connectivity index (χ3n) is 3.11. The second kappa shape index (κ2) is 3.52. The summed E-state index contributed by atoms with van der Waals surface area (Å²) in [6.07, 6.45) is 0. The van der Waals surface area contributed by atoms with Gasteiger partial charge in [-0.25, -0.2) is 0 Å². The topological polar surface area (TPSA) is 24.1 Å². The Kier molecular flexibility index (Phi) is 2.36. The van der Waals surface area contributed by atoms with E-state index in [1.807, 2.05) is 0 Å². The summed E-state index contributed by atoms with van der Waals surface area (Å²) < 4.78 is 0. The SMILES string of the molecule is Cc1cccc2c1NCC(C)C(C)N2. The van der Waals surface area contributed by atoms with Crippen LogP contribution in [0.15, 0.2) is 18.2 Å². The van der Waals surface area contributed by atoms with Gasteiger partial charge in [-0.1, -0.05) is 19.1 Å². The fourth-order valence-corrected chi connectivity index (χ4v) is 1.85. The molecule has 0 bridgehead atoms. The molecule has 0 saturated carbocycles. The van der Waals surface area contributed by atoms with Crippen molar-refractivity contribution in [1.29, 1.82) is 0 Å². The fourth-order valence-electron chi connectivity index (χ4n) is 1.85. The highest BCUT2D eigenvalue weighted by atomic mass is 15.0. The van der Waals surface area contributed by atoms with Crippen LogP contribution in [0.4, 0.5) is 11.4 Å². The van der Waals surface area contributed by atoms with Crippen LogP contribution >= 0.6 is 0 Å². The predicted octanol–water partition coefficient (Wildman–Crippen LogP) is 2.86. The van der Waals surface area contributed by atoms with Crippen LogP contribution in [-0.4, -0.2) is 12.6 Å². The molecule has 1 aromatic rings. The van der Waals surface area contributed by atoms with Crippen LogP contribution in [0.5, 0.6) is 0 Å². The van der Waals surface area contributed by atoms with E-state index >= 15 is 0 Å². The van der Waals surface area contributed by atoms with Gasteiger partial charge in [-0.05, 0) is 31.4 Å². The van der Waals surface area contributed by atoms with E-state index < -0.39 is 0 Å². The standard InChI is InChI=1S/C12H18N2/c1-8-5-4-6-11-12(8)13-7-9(2)10(3)14-11/h4-6,9-10,13-14H,7H2,1-3H3. The molecule has 2 atom stereocenters. The predicted molar refractivity (Wildman–Crippen MR) is 61.9 cm³/mol. The van der Waals surface area contributed by atoms with Gasteiger partial charge in [0.25, 0.3) is 0 Å².